The number of carbonyl (C=O) groups excluding carboxylic acids is 1. The highest BCUT2D eigenvalue weighted by atomic mass is 16.5. The molecule has 1 atom stereocenters. The topological polar surface area (TPSA) is 32.8 Å². The Morgan fingerprint density at radius 2 is 1.85 bits per heavy atom. The standard InChI is InChI=1S/C22H28N2O2/c1-17-8-10-18(11-9-17)12-13-22(25)24-15-14-23(2)20(16-24)19-6-4-5-7-21(19)26-3/h4-11,20H,12-16H2,1-3H3. The summed E-state index contributed by atoms with van der Waals surface area (Å²) in [6.45, 7) is 4.45. The Kier molecular flexibility index (Phi) is 5.94. The van der Waals surface area contributed by atoms with Crippen LogP contribution in [0.15, 0.2) is 48.5 Å². The lowest BCUT2D eigenvalue weighted by molar-refractivity contribution is -0.134. The van der Waals surface area contributed by atoms with Crippen LogP contribution in [0.5, 0.6) is 5.75 Å². The van der Waals surface area contributed by atoms with Crippen LogP contribution in [0, 0.1) is 6.92 Å². The van der Waals surface area contributed by atoms with Gasteiger partial charge in [-0.25, -0.2) is 0 Å². The Morgan fingerprint density at radius 1 is 1.12 bits per heavy atom. The van der Waals surface area contributed by atoms with Crippen LogP contribution < -0.4 is 4.74 Å². The molecule has 26 heavy (non-hydrogen) atoms. The number of carbonyl (C=O) groups is 1. The minimum atomic E-state index is 0.170. The van der Waals surface area contributed by atoms with Gasteiger partial charge in [-0.05, 0) is 32.0 Å². The lowest BCUT2D eigenvalue weighted by atomic mass is 10.0. The van der Waals surface area contributed by atoms with Gasteiger partial charge in [-0.3, -0.25) is 9.69 Å². The van der Waals surface area contributed by atoms with Crippen molar-refractivity contribution in [2.75, 3.05) is 33.8 Å². The molecule has 4 nitrogen and oxygen atoms in total. The maximum atomic E-state index is 12.8. The van der Waals surface area contributed by atoms with Crippen LogP contribution in [0.3, 0.4) is 0 Å². The van der Waals surface area contributed by atoms with E-state index >= 15 is 0 Å². The first-order valence-corrected chi connectivity index (χ1v) is 9.25. The Balaban J connectivity index is 1.65. The van der Waals surface area contributed by atoms with Crippen LogP contribution in [0.1, 0.15) is 29.2 Å². The SMILES string of the molecule is COc1ccccc1C1CN(C(=O)CCc2ccc(C)cc2)CCN1C. The number of ether oxygens (including phenoxy) is 1. The molecule has 1 unspecified atom stereocenters. The molecular formula is C22H28N2O2. The van der Waals surface area contributed by atoms with Crippen LogP contribution in [0.4, 0.5) is 0 Å². The van der Waals surface area contributed by atoms with E-state index in [4.69, 9.17) is 4.74 Å². The normalized spacial score (nSPS) is 18.0. The molecule has 0 N–H and O–H groups in total. The van der Waals surface area contributed by atoms with Gasteiger partial charge < -0.3 is 9.64 Å². The Morgan fingerprint density at radius 3 is 2.58 bits per heavy atom. The molecule has 0 aliphatic carbocycles. The molecule has 0 saturated carbocycles. The smallest absolute Gasteiger partial charge is 0.223 e. The monoisotopic (exact) mass is 352 g/mol. The van der Waals surface area contributed by atoms with Crippen molar-refractivity contribution in [1.82, 2.24) is 9.80 Å². The second kappa shape index (κ2) is 8.37. The number of likely N-dealkylation sites (N-methyl/N-ethyl adjacent to an activating group) is 1. The largest absolute Gasteiger partial charge is 0.496 e. The third kappa shape index (κ3) is 4.25. The number of hydrogen-bond acceptors (Lipinski definition) is 3. The van der Waals surface area contributed by atoms with Crippen molar-refractivity contribution in [3.05, 3.63) is 65.2 Å². The number of amides is 1. The number of hydrogen-bond donors (Lipinski definition) is 0. The summed E-state index contributed by atoms with van der Waals surface area (Å²) >= 11 is 0. The van der Waals surface area contributed by atoms with Gasteiger partial charge in [0.05, 0.1) is 13.2 Å². The molecule has 0 spiro atoms. The summed E-state index contributed by atoms with van der Waals surface area (Å²) in [5, 5.41) is 0. The van der Waals surface area contributed by atoms with Crippen LogP contribution in [0.2, 0.25) is 0 Å². The molecule has 3 rings (SSSR count). The second-order valence-corrected chi connectivity index (χ2v) is 7.06. The molecular weight excluding hydrogens is 324 g/mol. The van der Waals surface area contributed by atoms with E-state index < -0.39 is 0 Å². The van der Waals surface area contributed by atoms with Crippen molar-refractivity contribution in [2.45, 2.75) is 25.8 Å². The fourth-order valence-corrected chi connectivity index (χ4v) is 3.54. The fourth-order valence-electron chi connectivity index (χ4n) is 3.54. The van der Waals surface area contributed by atoms with Crippen LogP contribution in [-0.4, -0.2) is 49.5 Å². The summed E-state index contributed by atoms with van der Waals surface area (Å²) in [6, 6.07) is 16.7. The molecule has 1 fully saturated rings. The number of aryl methyl sites for hydroxylation is 2. The third-order valence-electron chi connectivity index (χ3n) is 5.25. The van der Waals surface area contributed by atoms with Gasteiger partial charge in [-0.1, -0.05) is 48.0 Å². The van der Waals surface area contributed by atoms with Gasteiger partial charge in [-0.2, -0.15) is 0 Å². The van der Waals surface area contributed by atoms with E-state index in [1.165, 1.54) is 11.1 Å². The van der Waals surface area contributed by atoms with Crippen molar-refractivity contribution >= 4 is 5.91 Å². The highest BCUT2D eigenvalue weighted by Gasteiger charge is 2.29. The molecule has 1 aliphatic heterocycles. The van der Waals surface area contributed by atoms with Gasteiger partial charge >= 0.3 is 0 Å². The number of piperazine rings is 1. The van der Waals surface area contributed by atoms with Crippen LogP contribution in [0.25, 0.3) is 0 Å². The molecule has 0 aromatic heterocycles. The van der Waals surface area contributed by atoms with E-state index in [9.17, 15) is 4.79 Å². The van der Waals surface area contributed by atoms with Gasteiger partial charge in [0, 0.05) is 31.6 Å². The predicted octanol–water partition coefficient (Wildman–Crippen LogP) is 3.45. The van der Waals surface area contributed by atoms with E-state index in [1.807, 2.05) is 23.1 Å². The summed E-state index contributed by atoms with van der Waals surface area (Å²) in [5.41, 5.74) is 3.62. The predicted molar refractivity (Wildman–Crippen MR) is 104 cm³/mol. The molecule has 1 amide bonds. The number of methoxy groups -OCH3 is 1. The lowest BCUT2D eigenvalue weighted by Crippen LogP contribution is -2.49. The van der Waals surface area contributed by atoms with Crippen molar-refractivity contribution < 1.29 is 9.53 Å². The fraction of sp³-hybridized carbons (Fsp3) is 0.409. The molecule has 138 valence electrons. The molecule has 0 radical (unpaired) electrons. The van der Waals surface area contributed by atoms with Crippen LogP contribution >= 0.6 is 0 Å². The van der Waals surface area contributed by atoms with Gasteiger partial charge in [0.25, 0.3) is 0 Å². The summed E-state index contributed by atoms with van der Waals surface area (Å²) in [4.78, 5) is 17.1. The summed E-state index contributed by atoms with van der Waals surface area (Å²) in [6.07, 6.45) is 1.36. The quantitative estimate of drug-likeness (QED) is 0.826. The number of benzene rings is 2. The van der Waals surface area contributed by atoms with Crippen molar-refractivity contribution in [2.24, 2.45) is 0 Å². The maximum Gasteiger partial charge on any atom is 0.223 e. The number of para-hydroxylation sites is 1. The van der Waals surface area contributed by atoms with Crippen molar-refractivity contribution in [3.63, 3.8) is 0 Å². The third-order valence-corrected chi connectivity index (χ3v) is 5.25. The second-order valence-electron chi connectivity index (χ2n) is 7.06. The molecule has 2 aromatic carbocycles. The van der Waals surface area contributed by atoms with Gasteiger partial charge in [0.2, 0.25) is 5.91 Å². The Bertz CT molecular complexity index is 742. The Labute approximate surface area is 156 Å². The average Bonchev–Trinajstić information content (AvgIpc) is 2.67. The molecule has 4 heteroatoms. The number of rotatable bonds is 5. The molecule has 1 saturated heterocycles. The van der Waals surface area contributed by atoms with E-state index in [0.29, 0.717) is 13.0 Å². The minimum Gasteiger partial charge on any atom is -0.496 e. The number of nitrogens with zero attached hydrogens (tertiary/aromatic N) is 2. The minimum absolute atomic E-state index is 0.170. The zero-order valence-corrected chi connectivity index (χ0v) is 15.9. The van der Waals surface area contributed by atoms with E-state index in [2.05, 4.69) is 49.2 Å². The zero-order valence-electron chi connectivity index (χ0n) is 15.9. The first-order chi connectivity index (χ1) is 12.6. The van der Waals surface area contributed by atoms with E-state index in [0.717, 1.165) is 30.8 Å². The first kappa shape index (κ1) is 18.5. The lowest BCUT2D eigenvalue weighted by Gasteiger charge is -2.40. The molecule has 1 heterocycles. The van der Waals surface area contributed by atoms with E-state index in [1.54, 1.807) is 7.11 Å². The molecule has 2 aromatic rings. The summed E-state index contributed by atoms with van der Waals surface area (Å²) < 4.78 is 5.53. The molecule has 0 bridgehead atoms. The van der Waals surface area contributed by atoms with Crippen molar-refractivity contribution in [1.29, 1.82) is 0 Å². The highest BCUT2D eigenvalue weighted by molar-refractivity contribution is 5.76. The van der Waals surface area contributed by atoms with E-state index in [-0.39, 0.29) is 11.9 Å². The van der Waals surface area contributed by atoms with Crippen molar-refractivity contribution in [3.8, 4) is 5.75 Å². The average molecular weight is 352 g/mol. The maximum absolute atomic E-state index is 12.8. The van der Waals surface area contributed by atoms with Gasteiger partial charge in [0.1, 0.15) is 5.75 Å². The van der Waals surface area contributed by atoms with Gasteiger partial charge in [-0.15, -0.1) is 0 Å². The van der Waals surface area contributed by atoms with Crippen LogP contribution in [-0.2, 0) is 11.2 Å². The zero-order chi connectivity index (χ0) is 18.5. The molecule has 1 aliphatic rings. The Hall–Kier alpha value is -2.33. The first-order valence-electron chi connectivity index (χ1n) is 9.25. The van der Waals surface area contributed by atoms with Gasteiger partial charge in [0.15, 0.2) is 0 Å². The summed E-state index contributed by atoms with van der Waals surface area (Å²) in [5.74, 6) is 1.12. The highest BCUT2D eigenvalue weighted by Crippen LogP contribution is 2.31. The summed E-state index contributed by atoms with van der Waals surface area (Å²) in [7, 11) is 3.82.